The van der Waals surface area contributed by atoms with E-state index < -0.39 is 5.97 Å². The van der Waals surface area contributed by atoms with Crippen molar-refractivity contribution in [2.45, 2.75) is 26.8 Å². The zero-order valence-corrected chi connectivity index (χ0v) is 14.9. The summed E-state index contributed by atoms with van der Waals surface area (Å²) in [6.07, 6.45) is 3.19. The molecule has 0 saturated heterocycles. The van der Waals surface area contributed by atoms with Crippen molar-refractivity contribution in [1.82, 2.24) is 14.8 Å². The van der Waals surface area contributed by atoms with Crippen molar-refractivity contribution in [3.05, 3.63) is 53.9 Å². The average molecular weight is 352 g/mol. The molecule has 1 N–H and O–H groups in total. The lowest BCUT2D eigenvalue weighted by molar-refractivity contribution is 0.0527. The molecule has 0 atom stereocenters. The fourth-order valence-corrected chi connectivity index (χ4v) is 2.62. The highest BCUT2D eigenvalue weighted by atomic mass is 16.5. The highest BCUT2D eigenvalue weighted by Gasteiger charge is 2.16. The molecule has 2 aromatic heterocycles. The van der Waals surface area contributed by atoms with Crippen LogP contribution in [0.5, 0.6) is 0 Å². The van der Waals surface area contributed by atoms with Crippen LogP contribution < -0.4 is 5.32 Å². The number of esters is 1. The van der Waals surface area contributed by atoms with E-state index in [4.69, 9.17) is 4.74 Å². The average Bonchev–Trinajstić information content (AvgIpc) is 3.05. The normalized spacial score (nSPS) is 10.9. The Morgan fingerprint density at radius 3 is 2.73 bits per heavy atom. The van der Waals surface area contributed by atoms with E-state index in [9.17, 15) is 9.59 Å². The molecule has 0 unspecified atom stereocenters. The highest BCUT2D eigenvalue weighted by Crippen LogP contribution is 2.20. The van der Waals surface area contributed by atoms with Crippen molar-refractivity contribution in [2.75, 3.05) is 11.9 Å². The number of pyridine rings is 1. The van der Waals surface area contributed by atoms with Crippen LogP contribution in [0.25, 0.3) is 11.0 Å². The molecule has 0 radical (unpaired) electrons. The molecule has 0 bridgehead atoms. The monoisotopic (exact) mass is 352 g/mol. The van der Waals surface area contributed by atoms with Gasteiger partial charge in [-0.1, -0.05) is 12.1 Å². The minimum absolute atomic E-state index is 0.177. The van der Waals surface area contributed by atoms with Gasteiger partial charge < -0.3 is 10.1 Å². The van der Waals surface area contributed by atoms with E-state index in [1.165, 1.54) is 6.20 Å². The lowest BCUT2D eigenvalue weighted by Gasteiger charge is -2.10. The van der Waals surface area contributed by atoms with Gasteiger partial charge in [0.2, 0.25) is 0 Å². The van der Waals surface area contributed by atoms with Crippen LogP contribution in [0.4, 0.5) is 5.69 Å². The number of nitrogens with zero attached hydrogens (tertiary/aromatic N) is 3. The SMILES string of the molecule is CCOC(=O)c1ccccc1NC(=O)c1cnc2c(cnn2C(C)C)c1. The van der Waals surface area contributed by atoms with Gasteiger partial charge in [-0.25, -0.2) is 14.5 Å². The molecule has 0 aliphatic heterocycles. The molecule has 26 heavy (non-hydrogen) atoms. The topological polar surface area (TPSA) is 86.1 Å². The third-order valence-electron chi connectivity index (χ3n) is 3.86. The zero-order valence-electron chi connectivity index (χ0n) is 14.9. The summed E-state index contributed by atoms with van der Waals surface area (Å²) in [5, 5.41) is 7.83. The molecule has 0 aliphatic rings. The molecule has 134 valence electrons. The predicted octanol–water partition coefficient (Wildman–Crippen LogP) is 3.44. The number of carbonyl (C=O) groups excluding carboxylic acids is 2. The second kappa shape index (κ2) is 7.35. The summed E-state index contributed by atoms with van der Waals surface area (Å²) < 4.78 is 6.82. The van der Waals surface area contributed by atoms with Crippen LogP contribution in [0.1, 0.15) is 47.5 Å². The van der Waals surface area contributed by atoms with Crippen molar-refractivity contribution in [2.24, 2.45) is 0 Å². The molecular formula is C19H20N4O3. The summed E-state index contributed by atoms with van der Waals surface area (Å²) in [6.45, 7) is 6.03. The fourth-order valence-electron chi connectivity index (χ4n) is 2.62. The molecule has 0 fully saturated rings. The maximum Gasteiger partial charge on any atom is 0.340 e. The molecule has 1 amide bonds. The Morgan fingerprint density at radius 2 is 2.00 bits per heavy atom. The van der Waals surface area contributed by atoms with Gasteiger partial charge in [0.1, 0.15) is 0 Å². The summed E-state index contributed by atoms with van der Waals surface area (Å²) in [6, 6.07) is 8.64. The van der Waals surface area contributed by atoms with Crippen molar-refractivity contribution in [1.29, 1.82) is 0 Å². The molecule has 3 aromatic rings. The number of hydrogen-bond donors (Lipinski definition) is 1. The standard InChI is InChI=1S/C19H20N4O3/c1-4-26-19(25)15-7-5-6-8-16(15)22-18(24)14-9-13-11-21-23(12(2)3)17(13)20-10-14/h5-12H,4H2,1-3H3,(H,22,24). The molecule has 3 rings (SSSR count). The van der Waals surface area contributed by atoms with Gasteiger partial charge in [0.25, 0.3) is 5.91 Å². The molecular weight excluding hydrogens is 332 g/mol. The second-order valence-electron chi connectivity index (χ2n) is 6.04. The van der Waals surface area contributed by atoms with Crippen molar-refractivity contribution in [3.63, 3.8) is 0 Å². The third-order valence-corrected chi connectivity index (χ3v) is 3.86. The zero-order chi connectivity index (χ0) is 18.7. The van der Waals surface area contributed by atoms with Gasteiger partial charge in [0.05, 0.1) is 29.6 Å². The van der Waals surface area contributed by atoms with Crippen LogP contribution in [-0.4, -0.2) is 33.2 Å². The maximum absolute atomic E-state index is 12.6. The lowest BCUT2D eigenvalue weighted by Crippen LogP contribution is -2.16. The van der Waals surface area contributed by atoms with E-state index >= 15 is 0 Å². The third kappa shape index (κ3) is 3.42. The summed E-state index contributed by atoms with van der Waals surface area (Å²) in [4.78, 5) is 29.0. The molecule has 0 saturated carbocycles. The quantitative estimate of drug-likeness (QED) is 0.711. The first-order valence-electron chi connectivity index (χ1n) is 8.42. The van der Waals surface area contributed by atoms with Gasteiger partial charge in [-0.2, -0.15) is 5.10 Å². The first kappa shape index (κ1) is 17.6. The first-order chi connectivity index (χ1) is 12.5. The fraction of sp³-hybridized carbons (Fsp3) is 0.263. The molecule has 7 nitrogen and oxygen atoms in total. The first-order valence-corrected chi connectivity index (χ1v) is 8.42. The van der Waals surface area contributed by atoms with Crippen molar-refractivity contribution < 1.29 is 14.3 Å². The number of fused-ring (bicyclic) bond motifs is 1. The number of aromatic nitrogens is 3. The van der Waals surface area contributed by atoms with Gasteiger partial charge in [-0.05, 0) is 39.0 Å². The van der Waals surface area contributed by atoms with Crippen molar-refractivity contribution in [3.8, 4) is 0 Å². The molecule has 0 spiro atoms. The predicted molar refractivity (Wildman–Crippen MR) is 98.3 cm³/mol. The molecule has 2 heterocycles. The molecule has 1 aromatic carbocycles. The van der Waals surface area contributed by atoms with E-state index in [1.54, 1.807) is 48.1 Å². The van der Waals surface area contributed by atoms with Crippen molar-refractivity contribution >= 4 is 28.6 Å². The summed E-state index contributed by atoms with van der Waals surface area (Å²) in [7, 11) is 0. The van der Waals surface area contributed by atoms with Crippen LogP contribution in [0, 0.1) is 0 Å². The van der Waals surface area contributed by atoms with Gasteiger partial charge in [0.15, 0.2) is 5.65 Å². The molecule has 7 heteroatoms. The lowest BCUT2D eigenvalue weighted by atomic mass is 10.1. The summed E-state index contributed by atoms with van der Waals surface area (Å²) in [5.41, 5.74) is 1.82. The van der Waals surface area contributed by atoms with Crippen LogP contribution in [0.15, 0.2) is 42.7 Å². The Morgan fingerprint density at radius 1 is 1.23 bits per heavy atom. The Hall–Kier alpha value is -3.22. The highest BCUT2D eigenvalue weighted by molar-refractivity contribution is 6.08. The Labute approximate surface area is 151 Å². The number of anilines is 1. The minimum Gasteiger partial charge on any atom is -0.462 e. The summed E-state index contributed by atoms with van der Waals surface area (Å²) >= 11 is 0. The Bertz CT molecular complexity index is 962. The van der Waals surface area contributed by atoms with Crippen LogP contribution in [0.3, 0.4) is 0 Å². The smallest absolute Gasteiger partial charge is 0.340 e. The minimum atomic E-state index is -0.477. The van der Waals surface area contributed by atoms with Crippen LogP contribution >= 0.6 is 0 Å². The van der Waals surface area contributed by atoms with E-state index in [-0.39, 0.29) is 18.6 Å². The van der Waals surface area contributed by atoms with Gasteiger partial charge in [0, 0.05) is 17.6 Å². The second-order valence-corrected chi connectivity index (χ2v) is 6.04. The number of ether oxygens (including phenoxy) is 1. The number of nitrogens with one attached hydrogen (secondary N) is 1. The number of para-hydroxylation sites is 1. The Kier molecular flexibility index (Phi) is 4.97. The van der Waals surface area contributed by atoms with E-state index in [2.05, 4.69) is 15.4 Å². The largest absolute Gasteiger partial charge is 0.462 e. The number of hydrogen-bond acceptors (Lipinski definition) is 5. The number of benzene rings is 1. The van der Waals surface area contributed by atoms with E-state index in [1.807, 2.05) is 13.8 Å². The van der Waals surface area contributed by atoms with Gasteiger partial charge in [-0.3, -0.25) is 4.79 Å². The van der Waals surface area contributed by atoms with Crippen LogP contribution in [0.2, 0.25) is 0 Å². The summed E-state index contributed by atoms with van der Waals surface area (Å²) in [5.74, 6) is -0.830. The maximum atomic E-state index is 12.6. The van der Waals surface area contributed by atoms with Gasteiger partial charge in [-0.15, -0.1) is 0 Å². The number of amides is 1. The number of rotatable bonds is 5. The molecule has 0 aliphatic carbocycles. The van der Waals surface area contributed by atoms with E-state index in [0.29, 0.717) is 16.8 Å². The number of carbonyl (C=O) groups is 2. The van der Waals surface area contributed by atoms with E-state index in [0.717, 1.165) is 11.0 Å². The Balaban J connectivity index is 1.87. The van der Waals surface area contributed by atoms with Crippen LogP contribution in [-0.2, 0) is 4.74 Å². The van der Waals surface area contributed by atoms with Gasteiger partial charge >= 0.3 is 5.97 Å².